The Morgan fingerprint density at radius 1 is 1.25 bits per heavy atom. The number of quaternary nitrogens is 1. The number of hydrogen-bond donors (Lipinski definition) is 2. The normalized spacial score (nSPS) is 13.0. The van der Waals surface area contributed by atoms with Gasteiger partial charge in [0, 0.05) is 15.6 Å². The van der Waals surface area contributed by atoms with Gasteiger partial charge in [0.2, 0.25) is 0 Å². The van der Waals surface area contributed by atoms with Gasteiger partial charge in [-0.05, 0) is 18.2 Å². The number of rotatable bonds is 2. The molecule has 66 valence electrons. The number of hydrogen-bond acceptors (Lipinski definition) is 1. The van der Waals surface area contributed by atoms with Crippen LogP contribution in [0.2, 0.25) is 10.0 Å². The summed E-state index contributed by atoms with van der Waals surface area (Å²) in [7, 11) is 0. The molecule has 2 nitrogen and oxygen atoms in total. The molecule has 0 unspecified atom stereocenters. The summed E-state index contributed by atoms with van der Waals surface area (Å²) in [6.07, 6.45) is 0. The molecular weight excluding hydrogens is 197 g/mol. The summed E-state index contributed by atoms with van der Waals surface area (Å²) in [4.78, 5) is 0. The van der Waals surface area contributed by atoms with Crippen LogP contribution in [0.1, 0.15) is 11.6 Å². The van der Waals surface area contributed by atoms with Crippen molar-refractivity contribution in [2.24, 2.45) is 0 Å². The standard InChI is InChI=1S/C8H9Cl2NO/c9-6-1-5(8(11)4-12)2-7(10)3-6/h1-3,8,12H,4,11H2/p+1/t8-/m1/s1. The van der Waals surface area contributed by atoms with Gasteiger partial charge in [-0.2, -0.15) is 0 Å². The summed E-state index contributed by atoms with van der Waals surface area (Å²) in [6.45, 7) is -0.00330. The van der Waals surface area contributed by atoms with Crippen LogP contribution in [0, 0.1) is 0 Å². The fraction of sp³-hybridized carbons (Fsp3) is 0.250. The van der Waals surface area contributed by atoms with Crippen LogP contribution in [-0.2, 0) is 0 Å². The van der Waals surface area contributed by atoms with E-state index in [-0.39, 0.29) is 12.6 Å². The van der Waals surface area contributed by atoms with Crippen molar-refractivity contribution >= 4 is 23.2 Å². The monoisotopic (exact) mass is 206 g/mol. The van der Waals surface area contributed by atoms with E-state index in [9.17, 15) is 0 Å². The summed E-state index contributed by atoms with van der Waals surface area (Å²) in [5.74, 6) is 0. The van der Waals surface area contributed by atoms with E-state index in [1.165, 1.54) is 0 Å². The third-order valence-corrected chi connectivity index (χ3v) is 2.01. The highest BCUT2D eigenvalue weighted by Gasteiger charge is 2.08. The maximum Gasteiger partial charge on any atom is 0.133 e. The van der Waals surface area contributed by atoms with Crippen molar-refractivity contribution in [3.05, 3.63) is 33.8 Å². The van der Waals surface area contributed by atoms with Crippen molar-refractivity contribution in [2.75, 3.05) is 6.61 Å². The Morgan fingerprint density at radius 2 is 1.75 bits per heavy atom. The van der Waals surface area contributed by atoms with Gasteiger partial charge in [-0.15, -0.1) is 0 Å². The second-order valence-corrected chi connectivity index (χ2v) is 3.46. The van der Waals surface area contributed by atoms with E-state index in [4.69, 9.17) is 28.3 Å². The molecule has 0 amide bonds. The first-order valence-electron chi connectivity index (χ1n) is 3.53. The van der Waals surface area contributed by atoms with Gasteiger partial charge in [0.25, 0.3) is 0 Å². The van der Waals surface area contributed by atoms with Crippen molar-refractivity contribution < 1.29 is 10.8 Å². The minimum atomic E-state index is -0.166. The number of benzene rings is 1. The van der Waals surface area contributed by atoms with Crippen LogP contribution in [0.3, 0.4) is 0 Å². The summed E-state index contributed by atoms with van der Waals surface area (Å²) >= 11 is 11.5. The Bertz CT molecular complexity index is 258. The zero-order valence-electron chi connectivity index (χ0n) is 6.43. The first kappa shape index (κ1) is 9.81. The van der Waals surface area contributed by atoms with Gasteiger partial charge in [0.05, 0.1) is 6.61 Å². The summed E-state index contributed by atoms with van der Waals surface area (Å²) in [5.41, 5.74) is 4.60. The molecule has 0 fully saturated rings. The highest BCUT2D eigenvalue weighted by molar-refractivity contribution is 6.34. The zero-order chi connectivity index (χ0) is 9.14. The molecule has 0 saturated heterocycles. The lowest BCUT2D eigenvalue weighted by Crippen LogP contribution is -2.55. The lowest BCUT2D eigenvalue weighted by atomic mass is 10.1. The molecule has 4 heteroatoms. The van der Waals surface area contributed by atoms with Crippen molar-refractivity contribution in [1.29, 1.82) is 0 Å². The second kappa shape index (κ2) is 4.10. The predicted molar refractivity (Wildman–Crippen MR) is 49.2 cm³/mol. The predicted octanol–water partition coefficient (Wildman–Crippen LogP) is 1.27. The van der Waals surface area contributed by atoms with Gasteiger partial charge < -0.3 is 10.8 Å². The van der Waals surface area contributed by atoms with Crippen LogP contribution < -0.4 is 5.73 Å². The van der Waals surface area contributed by atoms with Gasteiger partial charge in [0.1, 0.15) is 6.04 Å². The Hall–Kier alpha value is -0.280. The molecule has 0 radical (unpaired) electrons. The van der Waals surface area contributed by atoms with Gasteiger partial charge in [-0.25, -0.2) is 0 Å². The number of halogens is 2. The molecule has 0 bridgehead atoms. The fourth-order valence-corrected chi connectivity index (χ4v) is 1.46. The van der Waals surface area contributed by atoms with E-state index in [1.54, 1.807) is 18.2 Å². The molecule has 0 saturated carbocycles. The van der Waals surface area contributed by atoms with E-state index in [2.05, 4.69) is 5.73 Å². The van der Waals surface area contributed by atoms with Crippen LogP contribution in [0.25, 0.3) is 0 Å². The topological polar surface area (TPSA) is 47.9 Å². The molecule has 0 aliphatic carbocycles. The highest BCUT2D eigenvalue weighted by Crippen LogP contribution is 2.21. The molecule has 1 atom stereocenters. The molecule has 0 aliphatic heterocycles. The van der Waals surface area contributed by atoms with Crippen molar-refractivity contribution in [1.82, 2.24) is 0 Å². The van der Waals surface area contributed by atoms with Crippen LogP contribution in [-0.4, -0.2) is 11.7 Å². The van der Waals surface area contributed by atoms with Crippen molar-refractivity contribution in [3.8, 4) is 0 Å². The third kappa shape index (κ3) is 2.35. The van der Waals surface area contributed by atoms with Gasteiger partial charge in [-0.1, -0.05) is 23.2 Å². The number of aliphatic hydroxyl groups is 1. The smallest absolute Gasteiger partial charge is 0.133 e. The Labute approximate surface area is 80.9 Å². The minimum Gasteiger partial charge on any atom is -0.390 e. The van der Waals surface area contributed by atoms with Crippen LogP contribution >= 0.6 is 23.2 Å². The van der Waals surface area contributed by atoms with Crippen LogP contribution in [0.5, 0.6) is 0 Å². The first-order chi connectivity index (χ1) is 5.63. The fourth-order valence-electron chi connectivity index (χ4n) is 0.916. The SMILES string of the molecule is [NH3+][C@H](CO)c1cc(Cl)cc(Cl)c1. The lowest BCUT2D eigenvalue weighted by molar-refractivity contribution is -0.432. The van der Waals surface area contributed by atoms with E-state index in [1.807, 2.05) is 0 Å². The Kier molecular flexibility index (Phi) is 3.35. The maximum atomic E-state index is 8.82. The molecule has 12 heavy (non-hydrogen) atoms. The average molecular weight is 207 g/mol. The second-order valence-electron chi connectivity index (χ2n) is 2.58. The molecule has 1 aromatic carbocycles. The van der Waals surface area contributed by atoms with E-state index >= 15 is 0 Å². The molecule has 0 heterocycles. The number of aliphatic hydroxyl groups excluding tert-OH is 1. The van der Waals surface area contributed by atoms with Gasteiger partial charge in [0.15, 0.2) is 0 Å². The molecule has 1 aromatic rings. The van der Waals surface area contributed by atoms with Crippen molar-refractivity contribution in [3.63, 3.8) is 0 Å². The van der Waals surface area contributed by atoms with Gasteiger partial charge >= 0.3 is 0 Å². The van der Waals surface area contributed by atoms with Crippen LogP contribution in [0.15, 0.2) is 18.2 Å². The summed E-state index contributed by atoms with van der Waals surface area (Å²) in [6, 6.07) is 4.99. The largest absolute Gasteiger partial charge is 0.390 e. The van der Waals surface area contributed by atoms with E-state index in [0.717, 1.165) is 5.56 Å². The van der Waals surface area contributed by atoms with Gasteiger partial charge in [-0.3, -0.25) is 0 Å². The Morgan fingerprint density at radius 3 is 2.17 bits per heavy atom. The lowest BCUT2D eigenvalue weighted by Gasteiger charge is -2.05. The van der Waals surface area contributed by atoms with E-state index < -0.39 is 0 Å². The molecule has 1 rings (SSSR count). The zero-order valence-corrected chi connectivity index (χ0v) is 7.94. The van der Waals surface area contributed by atoms with E-state index in [0.29, 0.717) is 10.0 Å². The molecular formula is C8H10Cl2NO+. The average Bonchev–Trinajstić information content (AvgIpc) is 2.01. The minimum absolute atomic E-state index is 0.00330. The highest BCUT2D eigenvalue weighted by atomic mass is 35.5. The summed E-state index contributed by atoms with van der Waals surface area (Å²) in [5, 5.41) is 9.96. The van der Waals surface area contributed by atoms with Crippen molar-refractivity contribution in [2.45, 2.75) is 6.04 Å². The molecule has 0 aromatic heterocycles. The molecule has 0 aliphatic rings. The van der Waals surface area contributed by atoms with Crippen LogP contribution in [0.4, 0.5) is 0 Å². The molecule has 4 N–H and O–H groups in total. The summed E-state index contributed by atoms with van der Waals surface area (Å²) < 4.78 is 0. The maximum absolute atomic E-state index is 8.82. The third-order valence-electron chi connectivity index (χ3n) is 1.58. The Balaban J connectivity index is 3.00. The first-order valence-corrected chi connectivity index (χ1v) is 4.29. The molecule has 0 spiro atoms. The quantitative estimate of drug-likeness (QED) is 0.753.